The molecule has 10 heteroatoms. The van der Waals surface area contributed by atoms with Crippen molar-refractivity contribution in [2.45, 2.75) is 18.1 Å². The molecule has 0 saturated carbocycles. The largest absolute Gasteiger partial charge is 0.435 e. The summed E-state index contributed by atoms with van der Waals surface area (Å²) in [5.41, 5.74) is 0.953. The summed E-state index contributed by atoms with van der Waals surface area (Å²) in [4.78, 5) is 14.3. The van der Waals surface area contributed by atoms with Crippen LogP contribution in [0.25, 0.3) is 0 Å². The predicted octanol–water partition coefficient (Wildman–Crippen LogP) is 2.58. The predicted molar refractivity (Wildman–Crippen MR) is 105 cm³/mol. The number of amides is 1. The lowest BCUT2D eigenvalue weighted by molar-refractivity contribution is -0.0498. The fourth-order valence-corrected chi connectivity index (χ4v) is 4.52. The highest BCUT2D eigenvalue weighted by molar-refractivity contribution is 7.89. The van der Waals surface area contributed by atoms with E-state index < -0.39 is 16.6 Å². The molecule has 7 nitrogen and oxygen atoms in total. The minimum absolute atomic E-state index is 0.0313. The lowest BCUT2D eigenvalue weighted by Crippen LogP contribution is -2.40. The van der Waals surface area contributed by atoms with E-state index in [-0.39, 0.29) is 41.7 Å². The molecule has 0 unspecified atom stereocenters. The number of benzene rings is 2. The smallest absolute Gasteiger partial charge is 0.387 e. The molecule has 1 fully saturated rings. The quantitative estimate of drug-likeness (QED) is 0.662. The number of sulfonamides is 1. The number of alkyl halides is 2. The SMILES string of the molecule is CN(Cc1ccc(OC(F)F)cc1)C(=O)c1cccc(S(=O)(=O)N2CCOCC2)c1. The molecule has 1 aliphatic rings. The van der Waals surface area contributed by atoms with E-state index in [0.717, 1.165) is 0 Å². The van der Waals surface area contributed by atoms with E-state index in [4.69, 9.17) is 4.74 Å². The zero-order valence-corrected chi connectivity index (χ0v) is 17.1. The number of carbonyl (C=O) groups excluding carboxylic acids is 1. The maximum Gasteiger partial charge on any atom is 0.387 e. The van der Waals surface area contributed by atoms with Crippen LogP contribution in [-0.2, 0) is 21.3 Å². The summed E-state index contributed by atoms with van der Waals surface area (Å²) in [6.45, 7) is -1.48. The number of hydrogen-bond donors (Lipinski definition) is 0. The van der Waals surface area contributed by atoms with Crippen LogP contribution in [0.5, 0.6) is 5.75 Å². The van der Waals surface area contributed by atoms with Gasteiger partial charge in [-0.15, -0.1) is 0 Å². The third-order valence-electron chi connectivity index (χ3n) is 4.60. The van der Waals surface area contributed by atoms with Gasteiger partial charge >= 0.3 is 6.61 Å². The van der Waals surface area contributed by atoms with E-state index in [1.807, 2.05) is 0 Å². The second-order valence-electron chi connectivity index (χ2n) is 6.73. The van der Waals surface area contributed by atoms with Gasteiger partial charge in [0.1, 0.15) is 5.75 Å². The van der Waals surface area contributed by atoms with E-state index in [2.05, 4.69) is 4.74 Å². The number of halogens is 2. The molecule has 1 saturated heterocycles. The average Bonchev–Trinajstić information content (AvgIpc) is 2.75. The number of hydrogen-bond acceptors (Lipinski definition) is 5. The first kappa shape index (κ1) is 22.1. The van der Waals surface area contributed by atoms with Crippen LogP contribution >= 0.6 is 0 Å². The van der Waals surface area contributed by atoms with Crippen LogP contribution in [0.3, 0.4) is 0 Å². The number of nitrogens with zero attached hydrogens (tertiary/aromatic N) is 2. The lowest BCUT2D eigenvalue weighted by atomic mass is 10.1. The van der Waals surface area contributed by atoms with Gasteiger partial charge in [-0.25, -0.2) is 8.42 Å². The highest BCUT2D eigenvalue weighted by Crippen LogP contribution is 2.20. The molecule has 0 aliphatic carbocycles. The monoisotopic (exact) mass is 440 g/mol. The molecule has 0 spiro atoms. The van der Waals surface area contributed by atoms with Gasteiger partial charge in [0.2, 0.25) is 10.0 Å². The molecular formula is C20H22F2N2O5S. The molecule has 162 valence electrons. The molecule has 30 heavy (non-hydrogen) atoms. The number of morpholine rings is 1. The fourth-order valence-electron chi connectivity index (χ4n) is 3.07. The Morgan fingerprint density at radius 1 is 1.17 bits per heavy atom. The Kier molecular flexibility index (Phi) is 7.01. The molecular weight excluding hydrogens is 418 g/mol. The van der Waals surface area contributed by atoms with Gasteiger partial charge in [0.15, 0.2) is 0 Å². The van der Waals surface area contributed by atoms with Gasteiger partial charge in [0.25, 0.3) is 5.91 Å². The van der Waals surface area contributed by atoms with Gasteiger partial charge in [-0.2, -0.15) is 13.1 Å². The van der Waals surface area contributed by atoms with Crippen LogP contribution in [-0.4, -0.2) is 63.5 Å². The first-order valence-electron chi connectivity index (χ1n) is 9.24. The van der Waals surface area contributed by atoms with E-state index in [1.165, 1.54) is 39.5 Å². The molecule has 1 aliphatic heterocycles. The average molecular weight is 440 g/mol. The Balaban J connectivity index is 1.71. The van der Waals surface area contributed by atoms with Gasteiger partial charge in [0, 0.05) is 32.2 Å². The molecule has 0 bridgehead atoms. The Labute approximate surface area is 173 Å². The van der Waals surface area contributed by atoms with Crippen LogP contribution in [0, 0.1) is 0 Å². The molecule has 1 heterocycles. The second kappa shape index (κ2) is 9.50. The van der Waals surface area contributed by atoms with Gasteiger partial charge in [0.05, 0.1) is 18.1 Å². The molecule has 0 atom stereocenters. The molecule has 1 amide bonds. The zero-order chi connectivity index (χ0) is 21.7. The van der Waals surface area contributed by atoms with Crippen molar-refractivity contribution in [3.05, 3.63) is 59.7 Å². The third kappa shape index (κ3) is 5.32. The highest BCUT2D eigenvalue weighted by atomic mass is 32.2. The first-order valence-corrected chi connectivity index (χ1v) is 10.7. The van der Waals surface area contributed by atoms with E-state index in [9.17, 15) is 22.0 Å². The highest BCUT2D eigenvalue weighted by Gasteiger charge is 2.27. The van der Waals surface area contributed by atoms with E-state index in [0.29, 0.717) is 18.8 Å². The van der Waals surface area contributed by atoms with Crippen LogP contribution in [0.4, 0.5) is 8.78 Å². The Bertz CT molecular complexity index is 977. The Morgan fingerprint density at radius 2 is 1.83 bits per heavy atom. The number of ether oxygens (including phenoxy) is 2. The standard InChI is InChI=1S/C20H22F2N2O5S/c1-23(14-15-5-7-17(8-6-15)29-20(21)22)19(25)16-3-2-4-18(13-16)30(26,27)24-9-11-28-12-10-24/h2-8,13,20H,9-12,14H2,1H3. The van der Waals surface area contributed by atoms with Crippen molar-refractivity contribution in [2.75, 3.05) is 33.4 Å². The number of rotatable bonds is 7. The normalized spacial score (nSPS) is 15.2. The fraction of sp³-hybridized carbons (Fsp3) is 0.350. The zero-order valence-electron chi connectivity index (χ0n) is 16.3. The van der Waals surface area contributed by atoms with Crippen molar-refractivity contribution < 1.29 is 31.5 Å². The first-order chi connectivity index (χ1) is 14.3. The summed E-state index contributed by atoms with van der Waals surface area (Å²) in [6, 6.07) is 11.9. The van der Waals surface area contributed by atoms with Crippen molar-refractivity contribution in [2.24, 2.45) is 0 Å². The van der Waals surface area contributed by atoms with Crippen LogP contribution in [0.15, 0.2) is 53.4 Å². The molecule has 0 N–H and O–H groups in total. The molecule has 0 aromatic heterocycles. The molecule has 2 aromatic rings. The Hall–Kier alpha value is -2.56. The third-order valence-corrected chi connectivity index (χ3v) is 6.50. The van der Waals surface area contributed by atoms with Crippen molar-refractivity contribution in [3.8, 4) is 5.75 Å². The van der Waals surface area contributed by atoms with Crippen molar-refractivity contribution in [3.63, 3.8) is 0 Å². The topological polar surface area (TPSA) is 76.2 Å². The minimum Gasteiger partial charge on any atom is -0.435 e. The minimum atomic E-state index is -3.71. The van der Waals surface area contributed by atoms with Crippen molar-refractivity contribution in [1.82, 2.24) is 9.21 Å². The number of carbonyl (C=O) groups is 1. The summed E-state index contributed by atoms with van der Waals surface area (Å²) in [6.07, 6.45) is 0. The summed E-state index contributed by atoms with van der Waals surface area (Å²) >= 11 is 0. The second-order valence-corrected chi connectivity index (χ2v) is 8.67. The molecule has 3 rings (SSSR count). The van der Waals surface area contributed by atoms with Crippen LogP contribution in [0.2, 0.25) is 0 Å². The van der Waals surface area contributed by atoms with Gasteiger partial charge in [-0.3, -0.25) is 4.79 Å². The Morgan fingerprint density at radius 3 is 2.47 bits per heavy atom. The van der Waals surface area contributed by atoms with Gasteiger partial charge in [-0.05, 0) is 35.9 Å². The van der Waals surface area contributed by atoms with E-state index >= 15 is 0 Å². The maximum atomic E-state index is 12.8. The van der Waals surface area contributed by atoms with Crippen molar-refractivity contribution >= 4 is 15.9 Å². The lowest BCUT2D eigenvalue weighted by Gasteiger charge is -2.26. The summed E-state index contributed by atoms with van der Waals surface area (Å²) in [5.74, 6) is -0.328. The summed E-state index contributed by atoms with van der Waals surface area (Å²) < 4.78 is 60.9. The summed E-state index contributed by atoms with van der Waals surface area (Å²) in [5, 5.41) is 0. The summed E-state index contributed by atoms with van der Waals surface area (Å²) in [7, 11) is -2.13. The van der Waals surface area contributed by atoms with Crippen molar-refractivity contribution in [1.29, 1.82) is 0 Å². The molecule has 0 radical (unpaired) electrons. The molecule has 2 aromatic carbocycles. The van der Waals surface area contributed by atoms with E-state index in [1.54, 1.807) is 25.2 Å². The van der Waals surface area contributed by atoms with Crippen LogP contribution in [0.1, 0.15) is 15.9 Å². The maximum absolute atomic E-state index is 12.8. The van der Waals surface area contributed by atoms with Crippen LogP contribution < -0.4 is 4.74 Å². The van der Waals surface area contributed by atoms with Gasteiger partial charge in [-0.1, -0.05) is 18.2 Å². The van der Waals surface area contributed by atoms with Gasteiger partial charge < -0.3 is 14.4 Å².